The Kier molecular flexibility index (Phi) is 5.50. The van der Waals surface area contributed by atoms with E-state index >= 15 is 0 Å². The van der Waals surface area contributed by atoms with E-state index in [1.54, 1.807) is 0 Å². The number of carbonyl (C=O) groups is 1. The molecule has 1 aromatic heterocycles. The van der Waals surface area contributed by atoms with Gasteiger partial charge in [-0.2, -0.15) is 0 Å². The standard InChI is InChI=1S/C20H32N6O/c1-2-25-12-11-23-18(25)15-26(17-13-20(17)5-9-22-10-6-20)19(27)24-14-16-3-7-21-8-4-16/h3,11-12,17,21-22H,2,4-10,13-15H2,1H3,(H,24,27). The lowest BCUT2D eigenvalue weighted by Crippen LogP contribution is -2.45. The molecule has 1 atom stereocenters. The van der Waals surface area contributed by atoms with Gasteiger partial charge in [0.2, 0.25) is 0 Å². The van der Waals surface area contributed by atoms with Crippen molar-refractivity contribution in [3.05, 3.63) is 29.9 Å². The maximum absolute atomic E-state index is 13.1. The molecule has 7 heteroatoms. The molecule has 1 saturated carbocycles. The van der Waals surface area contributed by atoms with Gasteiger partial charge in [-0.3, -0.25) is 0 Å². The lowest BCUT2D eigenvalue weighted by Gasteiger charge is -2.30. The van der Waals surface area contributed by atoms with Crippen LogP contribution in [-0.2, 0) is 13.1 Å². The van der Waals surface area contributed by atoms with Crippen LogP contribution >= 0.6 is 0 Å². The van der Waals surface area contributed by atoms with E-state index in [2.05, 4.69) is 43.4 Å². The van der Waals surface area contributed by atoms with Gasteiger partial charge in [0.1, 0.15) is 5.82 Å². The van der Waals surface area contributed by atoms with Crippen molar-refractivity contribution in [1.82, 2.24) is 30.4 Å². The van der Waals surface area contributed by atoms with Gasteiger partial charge in [-0.1, -0.05) is 11.6 Å². The molecule has 7 nitrogen and oxygen atoms in total. The number of imidazole rings is 1. The van der Waals surface area contributed by atoms with Gasteiger partial charge >= 0.3 is 6.03 Å². The summed E-state index contributed by atoms with van der Waals surface area (Å²) in [6, 6.07) is 0.393. The molecule has 27 heavy (non-hydrogen) atoms. The molecule has 3 aliphatic rings. The highest BCUT2D eigenvalue weighted by atomic mass is 16.2. The smallest absolute Gasteiger partial charge is 0.318 e. The maximum Gasteiger partial charge on any atom is 0.318 e. The largest absolute Gasteiger partial charge is 0.334 e. The number of hydrogen-bond acceptors (Lipinski definition) is 4. The molecule has 1 unspecified atom stereocenters. The van der Waals surface area contributed by atoms with Gasteiger partial charge in [0.25, 0.3) is 0 Å². The molecule has 0 radical (unpaired) electrons. The Bertz CT molecular complexity index is 690. The van der Waals surface area contributed by atoms with Crippen LogP contribution in [0.1, 0.15) is 38.4 Å². The molecule has 2 amide bonds. The lowest BCUT2D eigenvalue weighted by atomic mass is 9.93. The van der Waals surface area contributed by atoms with Crippen LogP contribution in [0.2, 0.25) is 0 Å². The molecule has 1 aliphatic carbocycles. The molecule has 3 N–H and O–H groups in total. The first-order valence-electron chi connectivity index (χ1n) is 10.4. The molecule has 0 aromatic carbocycles. The topological polar surface area (TPSA) is 74.2 Å². The third-order valence-corrected chi connectivity index (χ3v) is 6.46. The molecular weight excluding hydrogens is 340 g/mol. The van der Waals surface area contributed by atoms with E-state index in [0.717, 1.165) is 51.4 Å². The highest BCUT2D eigenvalue weighted by Crippen LogP contribution is 2.56. The van der Waals surface area contributed by atoms with Crippen molar-refractivity contribution < 1.29 is 4.79 Å². The first kappa shape index (κ1) is 18.5. The van der Waals surface area contributed by atoms with Crippen LogP contribution < -0.4 is 16.0 Å². The van der Waals surface area contributed by atoms with Crippen molar-refractivity contribution in [3.8, 4) is 0 Å². The zero-order valence-corrected chi connectivity index (χ0v) is 16.3. The highest BCUT2D eigenvalue weighted by molar-refractivity contribution is 5.75. The first-order valence-corrected chi connectivity index (χ1v) is 10.4. The number of hydrogen-bond donors (Lipinski definition) is 3. The first-order chi connectivity index (χ1) is 13.2. The van der Waals surface area contributed by atoms with Crippen LogP contribution in [-0.4, -0.2) is 59.2 Å². The van der Waals surface area contributed by atoms with Gasteiger partial charge in [-0.15, -0.1) is 0 Å². The Morgan fingerprint density at radius 3 is 2.96 bits per heavy atom. The summed E-state index contributed by atoms with van der Waals surface area (Å²) in [6.45, 7) is 8.27. The second-order valence-corrected chi connectivity index (χ2v) is 8.06. The van der Waals surface area contributed by atoms with Crippen LogP contribution in [0.25, 0.3) is 0 Å². The molecule has 1 aromatic rings. The second-order valence-electron chi connectivity index (χ2n) is 8.06. The lowest BCUT2D eigenvalue weighted by molar-refractivity contribution is 0.173. The number of carbonyl (C=O) groups excluding carboxylic acids is 1. The van der Waals surface area contributed by atoms with Crippen LogP contribution in [0.3, 0.4) is 0 Å². The Labute approximate surface area is 161 Å². The van der Waals surface area contributed by atoms with Crippen LogP contribution in [0.4, 0.5) is 4.79 Å². The minimum absolute atomic E-state index is 0.0560. The molecule has 2 fully saturated rings. The molecule has 4 rings (SSSR count). The summed E-state index contributed by atoms with van der Waals surface area (Å²) in [5.74, 6) is 0.977. The monoisotopic (exact) mass is 372 g/mol. The number of nitrogens with one attached hydrogen (secondary N) is 3. The number of amides is 2. The van der Waals surface area contributed by atoms with E-state index in [-0.39, 0.29) is 6.03 Å². The van der Waals surface area contributed by atoms with E-state index in [4.69, 9.17) is 0 Å². The Morgan fingerprint density at radius 1 is 1.37 bits per heavy atom. The van der Waals surface area contributed by atoms with E-state index < -0.39 is 0 Å². The summed E-state index contributed by atoms with van der Waals surface area (Å²) in [5.41, 5.74) is 1.64. The quantitative estimate of drug-likeness (QED) is 0.661. The maximum atomic E-state index is 13.1. The SMILES string of the molecule is CCn1ccnc1CN(C(=O)NCC1=CCNCC1)C1CC12CCNCC2. The average Bonchev–Trinajstić information content (AvgIpc) is 3.18. The predicted molar refractivity (Wildman–Crippen MR) is 105 cm³/mol. The van der Waals surface area contributed by atoms with E-state index in [1.807, 2.05) is 12.4 Å². The minimum atomic E-state index is 0.0560. The number of aryl methyl sites for hydroxylation is 1. The van der Waals surface area contributed by atoms with Crippen molar-refractivity contribution >= 4 is 6.03 Å². The van der Waals surface area contributed by atoms with Crippen LogP contribution in [0.5, 0.6) is 0 Å². The fourth-order valence-electron chi connectivity index (χ4n) is 4.61. The fourth-order valence-corrected chi connectivity index (χ4v) is 4.61. The number of aromatic nitrogens is 2. The number of piperidine rings is 1. The molecule has 0 bridgehead atoms. The number of nitrogens with zero attached hydrogens (tertiary/aromatic N) is 3. The average molecular weight is 373 g/mol. The number of urea groups is 1. The summed E-state index contributed by atoms with van der Waals surface area (Å²) in [4.78, 5) is 19.7. The third-order valence-electron chi connectivity index (χ3n) is 6.46. The fraction of sp³-hybridized carbons (Fsp3) is 0.700. The molecule has 3 heterocycles. The molecule has 148 valence electrons. The zero-order valence-electron chi connectivity index (χ0n) is 16.3. The van der Waals surface area contributed by atoms with Crippen LogP contribution in [0, 0.1) is 5.41 Å². The Balaban J connectivity index is 1.45. The van der Waals surface area contributed by atoms with Gasteiger partial charge in [-0.25, -0.2) is 9.78 Å². The van der Waals surface area contributed by atoms with Crippen molar-refractivity contribution in [2.24, 2.45) is 5.41 Å². The zero-order chi connectivity index (χ0) is 18.7. The van der Waals surface area contributed by atoms with Crippen molar-refractivity contribution in [2.45, 2.75) is 51.7 Å². The molecule has 1 saturated heterocycles. The van der Waals surface area contributed by atoms with Crippen molar-refractivity contribution in [3.63, 3.8) is 0 Å². The van der Waals surface area contributed by atoms with Crippen molar-refractivity contribution in [1.29, 1.82) is 0 Å². The summed E-state index contributed by atoms with van der Waals surface area (Å²) in [6.07, 6.45) is 10.5. The van der Waals surface area contributed by atoms with Crippen molar-refractivity contribution in [2.75, 3.05) is 32.7 Å². The second kappa shape index (κ2) is 8.02. The Hall–Kier alpha value is -1.86. The number of rotatable bonds is 6. The third kappa shape index (κ3) is 4.04. The predicted octanol–water partition coefficient (Wildman–Crippen LogP) is 1.48. The summed E-state index contributed by atoms with van der Waals surface area (Å²) < 4.78 is 2.13. The molecule has 2 aliphatic heterocycles. The summed E-state index contributed by atoms with van der Waals surface area (Å²) in [5, 5.41) is 9.95. The normalized spacial score (nSPS) is 23.7. The highest BCUT2D eigenvalue weighted by Gasteiger charge is 2.58. The van der Waals surface area contributed by atoms with Gasteiger partial charge in [0.05, 0.1) is 6.54 Å². The van der Waals surface area contributed by atoms with Gasteiger partial charge in [0.15, 0.2) is 0 Å². The van der Waals surface area contributed by atoms with E-state index in [1.165, 1.54) is 18.4 Å². The van der Waals surface area contributed by atoms with Gasteiger partial charge < -0.3 is 25.4 Å². The van der Waals surface area contributed by atoms with E-state index in [0.29, 0.717) is 24.5 Å². The summed E-state index contributed by atoms with van der Waals surface area (Å²) >= 11 is 0. The minimum Gasteiger partial charge on any atom is -0.334 e. The summed E-state index contributed by atoms with van der Waals surface area (Å²) in [7, 11) is 0. The van der Waals surface area contributed by atoms with Crippen LogP contribution in [0.15, 0.2) is 24.0 Å². The Morgan fingerprint density at radius 2 is 2.22 bits per heavy atom. The molecular formula is C20H32N6O. The van der Waals surface area contributed by atoms with Gasteiger partial charge in [0, 0.05) is 38.1 Å². The van der Waals surface area contributed by atoms with E-state index in [9.17, 15) is 4.79 Å². The molecule has 1 spiro atoms. The van der Waals surface area contributed by atoms with Gasteiger partial charge in [-0.05, 0) is 57.7 Å².